The molecule has 0 saturated heterocycles. The van der Waals surface area contributed by atoms with Crippen LogP contribution in [-0.4, -0.2) is 17.0 Å². The molecule has 98 valence electrons. The van der Waals surface area contributed by atoms with Crippen LogP contribution in [-0.2, 0) is 0 Å². The third kappa shape index (κ3) is 14.3. The summed E-state index contributed by atoms with van der Waals surface area (Å²) in [4.78, 5) is 0. The lowest BCUT2D eigenvalue weighted by molar-refractivity contribution is 0.583. The van der Waals surface area contributed by atoms with Gasteiger partial charge in [-0.3, -0.25) is 0 Å². The predicted octanol–water partition coefficient (Wildman–Crippen LogP) is 4.60. The molecule has 0 aromatic rings. The molecule has 0 aromatic heterocycles. The van der Waals surface area contributed by atoms with E-state index >= 15 is 0 Å². The highest BCUT2D eigenvalue weighted by molar-refractivity contribution is 7.99. The molecule has 0 atom stereocenters. The van der Waals surface area contributed by atoms with E-state index in [1.54, 1.807) is 0 Å². The summed E-state index contributed by atoms with van der Waals surface area (Å²) in [6.45, 7) is 6.48. The Morgan fingerprint density at radius 1 is 0.875 bits per heavy atom. The van der Waals surface area contributed by atoms with Crippen molar-refractivity contribution in [3.63, 3.8) is 0 Å². The zero-order valence-corrected chi connectivity index (χ0v) is 12.4. The lowest BCUT2D eigenvalue weighted by Gasteiger charge is -2.17. The molecule has 0 radical (unpaired) electrons. The summed E-state index contributed by atoms with van der Waals surface area (Å²) in [6.07, 6.45) is 11.3. The van der Waals surface area contributed by atoms with Crippen LogP contribution < -0.4 is 5.73 Å². The van der Waals surface area contributed by atoms with Crippen LogP contribution in [0.15, 0.2) is 0 Å². The average molecular weight is 245 g/mol. The predicted molar refractivity (Wildman–Crippen MR) is 78.2 cm³/mol. The minimum absolute atomic E-state index is 0.00478. The third-order valence-electron chi connectivity index (χ3n) is 2.62. The van der Waals surface area contributed by atoms with Crippen LogP contribution in [0.1, 0.15) is 72.1 Å². The monoisotopic (exact) mass is 245 g/mol. The minimum atomic E-state index is 0.00478. The van der Waals surface area contributed by atoms with Crippen molar-refractivity contribution < 1.29 is 0 Å². The second kappa shape index (κ2) is 10.5. The van der Waals surface area contributed by atoms with Crippen LogP contribution in [0, 0.1) is 0 Å². The molecule has 0 aliphatic heterocycles. The number of unbranched alkanes of at least 4 members (excludes halogenated alkanes) is 7. The van der Waals surface area contributed by atoms with Crippen LogP contribution >= 0.6 is 11.8 Å². The zero-order valence-electron chi connectivity index (χ0n) is 11.6. The maximum absolute atomic E-state index is 5.92. The van der Waals surface area contributed by atoms with Gasteiger partial charge in [0, 0.05) is 11.3 Å². The van der Waals surface area contributed by atoms with Crippen molar-refractivity contribution in [3.8, 4) is 0 Å². The van der Waals surface area contributed by atoms with E-state index in [-0.39, 0.29) is 5.54 Å². The molecular weight excluding hydrogens is 214 g/mol. The molecule has 0 saturated carbocycles. The summed E-state index contributed by atoms with van der Waals surface area (Å²) in [5.41, 5.74) is 5.93. The summed E-state index contributed by atoms with van der Waals surface area (Å²) in [5, 5.41) is 0. The highest BCUT2D eigenvalue weighted by Gasteiger charge is 2.09. The van der Waals surface area contributed by atoms with Crippen LogP contribution in [0.25, 0.3) is 0 Å². The Labute approximate surface area is 107 Å². The third-order valence-corrected chi connectivity index (χ3v) is 4.14. The first-order valence-electron chi connectivity index (χ1n) is 6.93. The van der Waals surface area contributed by atoms with Gasteiger partial charge in [-0.15, -0.1) is 0 Å². The molecular formula is C14H31NS. The van der Waals surface area contributed by atoms with Crippen molar-refractivity contribution >= 4 is 11.8 Å². The van der Waals surface area contributed by atoms with Crippen molar-refractivity contribution in [1.82, 2.24) is 0 Å². The molecule has 0 rings (SSSR count). The van der Waals surface area contributed by atoms with Crippen molar-refractivity contribution in [1.29, 1.82) is 0 Å². The molecule has 16 heavy (non-hydrogen) atoms. The van der Waals surface area contributed by atoms with Crippen LogP contribution in [0.5, 0.6) is 0 Å². The van der Waals surface area contributed by atoms with Gasteiger partial charge in [0.15, 0.2) is 0 Å². The second-order valence-corrected chi connectivity index (χ2v) is 6.62. The van der Waals surface area contributed by atoms with Gasteiger partial charge in [0.25, 0.3) is 0 Å². The Kier molecular flexibility index (Phi) is 10.7. The van der Waals surface area contributed by atoms with Gasteiger partial charge in [0.05, 0.1) is 0 Å². The highest BCUT2D eigenvalue weighted by atomic mass is 32.2. The van der Waals surface area contributed by atoms with Gasteiger partial charge in [0.1, 0.15) is 0 Å². The Morgan fingerprint density at radius 3 is 1.88 bits per heavy atom. The molecule has 2 N–H and O–H groups in total. The highest BCUT2D eigenvalue weighted by Crippen LogP contribution is 2.14. The fraction of sp³-hybridized carbons (Fsp3) is 1.00. The number of nitrogens with two attached hydrogens (primary N) is 1. The van der Waals surface area contributed by atoms with Crippen molar-refractivity contribution in [2.45, 2.75) is 77.7 Å². The molecule has 0 spiro atoms. The van der Waals surface area contributed by atoms with Crippen LogP contribution in [0.3, 0.4) is 0 Å². The van der Waals surface area contributed by atoms with E-state index in [9.17, 15) is 0 Å². The van der Waals surface area contributed by atoms with Gasteiger partial charge in [-0.1, -0.05) is 51.9 Å². The molecule has 2 heteroatoms. The molecule has 0 aliphatic carbocycles. The summed E-state index contributed by atoms with van der Waals surface area (Å²) in [5.74, 6) is 2.37. The number of hydrogen-bond acceptors (Lipinski definition) is 2. The SMILES string of the molecule is CCCCCCCCCCSCC(C)(C)N. The summed E-state index contributed by atoms with van der Waals surface area (Å²) in [6, 6.07) is 0. The fourth-order valence-corrected chi connectivity index (χ4v) is 2.75. The van der Waals surface area contributed by atoms with Gasteiger partial charge in [-0.2, -0.15) is 11.8 Å². The maximum atomic E-state index is 5.92. The quantitative estimate of drug-likeness (QED) is 0.538. The first-order chi connectivity index (χ1) is 7.56. The van der Waals surface area contributed by atoms with Crippen molar-refractivity contribution in [2.75, 3.05) is 11.5 Å². The lowest BCUT2D eigenvalue weighted by atomic mass is 10.1. The molecule has 0 aromatic carbocycles. The molecule has 0 amide bonds. The average Bonchev–Trinajstić information content (AvgIpc) is 2.19. The number of rotatable bonds is 11. The zero-order chi connectivity index (χ0) is 12.3. The number of thioether (sulfide) groups is 1. The van der Waals surface area contributed by atoms with Gasteiger partial charge < -0.3 is 5.73 Å². The molecule has 1 nitrogen and oxygen atoms in total. The Hall–Kier alpha value is 0.310. The second-order valence-electron chi connectivity index (χ2n) is 5.52. The first kappa shape index (κ1) is 16.3. The molecule has 0 fully saturated rings. The van der Waals surface area contributed by atoms with Gasteiger partial charge >= 0.3 is 0 Å². The van der Waals surface area contributed by atoms with E-state index in [4.69, 9.17) is 5.73 Å². The Balaban J connectivity index is 2.99. The number of hydrogen-bond donors (Lipinski definition) is 1. The van der Waals surface area contributed by atoms with Crippen molar-refractivity contribution in [3.05, 3.63) is 0 Å². The molecule has 0 bridgehead atoms. The topological polar surface area (TPSA) is 26.0 Å². The standard InChI is InChI=1S/C14H31NS/c1-4-5-6-7-8-9-10-11-12-16-13-14(2,3)15/h4-13,15H2,1-3H3. The van der Waals surface area contributed by atoms with E-state index in [2.05, 4.69) is 20.8 Å². The molecule has 0 heterocycles. The van der Waals surface area contributed by atoms with E-state index in [0.29, 0.717) is 0 Å². The van der Waals surface area contributed by atoms with E-state index in [1.807, 2.05) is 11.8 Å². The summed E-state index contributed by atoms with van der Waals surface area (Å²) < 4.78 is 0. The van der Waals surface area contributed by atoms with Crippen LogP contribution in [0.4, 0.5) is 0 Å². The van der Waals surface area contributed by atoms with Gasteiger partial charge in [-0.25, -0.2) is 0 Å². The van der Waals surface area contributed by atoms with Crippen molar-refractivity contribution in [2.24, 2.45) is 5.73 Å². The lowest BCUT2D eigenvalue weighted by Crippen LogP contribution is -2.34. The molecule has 0 unspecified atom stereocenters. The van der Waals surface area contributed by atoms with E-state index < -0.39 is 0 Å². The first-order valence-corrected chi connectivity index (χ1v) is 8.08. The Morgan fingerprint density at radius 2 is 1.38 bits per heavy atom. The van der Waals surface area contributed by atoms with Crippen LogP contribution in [0.2, 0.25) is 0 Å². The fourth-order valence-electron chi connectivity index (χ4n) is 1.67. The van der Waals surface area contributed by atoms with Gasteiger partial charge in [0.2, 0.25) is 0 Å². The van der Waals surface area contributed by atoms with E-state index in [1.165, 1.54) is 57.1 Å². The summed E-state index contributed by atoms with van der Waals surface area (Å²) >= 11 is 2.01. The molecule has 0 aliphatic rings. The van der Waals surface area contributed by atoms with Gasteiger partial charge in [-0.05, 0) is 26.0 Å². The normalized spacial score (nSPS) is 12.0. The smallest absolute Gasteiger partial charge is 0.0188 e. The van der Waals surface area contributed by atoms with E-state index in [0.717, 1.165) is 5.75 Å². The minimum Gasteiger partial charge on any atom is -0.325 e. The Bertz CT molecular complexity index is 140. The maximum Gasteiger partial charge on any atom is 0.0188 e. The largest absolute Gasteiger partial charge is 0.325 e. The summed E-state index contributed by atoms with van der Waals surface area (Å²) in [7, 11) is 0.